The molecule has 0 radical (unpaired) electrons. The van der Waals surface area contributed by atoms with Crippen LogP contribution in [-0.4, -0.2) is 23.4 Å². The first-order valence-corrected chi connectivity index (χ1v) is 9.30. The summed E-state index contributed by atoms with van der Waals surface area (Å²) in [5.74, 6) is 0. The fraction of sp³-hybridized carbons (Fsp3) is 0.250. The van der Waals surface area contributed by atoms with Gasteiger partial charge in [0, 0.05) is 13.2 Å². The maximum Gasteiger partial charge on any atom is 0.0434 e. The second kappa shape index (κ2) is 9.33. The molecule has 2 heteroatoms. The Kier molecular flexibility index (Phi) is 6.59. The third-order valence-electron chi connectivity index (χ3n) is 4.68. The molecule has 0 heterocycles. The lowest BCUT2D eigenvalue weighted by Gasteiger charge is -2.08. The topological polar surface area (TPSA) is 40.5 Å². The number of aliphatic hydroxyl groups excluding tert-OH is 2. The minimum absolute atomic E-state index is 0.239. The SMILES string of the molecule is OCCCc1ccc(-c2cccc(-c3ccc(CCCO)cc3)c2)cc1. The summed E-state index contributed by atoms with van der Waals surface area (Å²) in [6.45, 7) is 0.477. The van der Waals surface area contributed by atoms with Crippen molar-refractivity contribution in [1.29, 1.82) is 0 Å². The second-order valence-corrected chi connectivity index (χ2v) is 6.63. The third-order valence-corrected chi connectivity index (χ3v) is 4.68. The van der Waals surface area contributed by atoms with Gasteiger partial charge < -0.3 is 10.2 Å². The van der Waals surface area contributed by atoms with E-state index in [0.29, 0.717) is 0 Å². The Labute approximate surface area is 155 Å². The van der Waals surface area contributed by atoms with Gasteiger partial charge in [-0.1, -0.05) is 66.7 Å². The summed E-state index contributed by atoms with van der Waals surface area (Å²) in [5.41, 5.74) is 7.36. The zero-order valence-corrected chi connectivity index (χ0v) is 15.1. The van der Waals surface area contributed by atoms with Crippen molar-refractivity contribution in [1.82, 2.24) is 0 Å². The van der Waals surface area contributed by atoms with Crippen LogP contribution in [0.25, 0.3) is 22.3 Å². The van der Waals surface area contributed by atoms with E-state index in [-0.39, 0.29) is 13.2 Å². The highest BCUT2D eigenvalue weighted by atomic mass is 16.3. The molecule has 134 valence electrons. The molecule has 3 rings (SSSR count). The van der Waals surface area contributed by atoms with Crippen LogP contribution in [0.3, 0.4) is 0 Å². The molecular weight excluding hydrogens is 320 g/mol. The molecule has 0 atom stereocenters. The van der Waals surface area contributed by atoms with Gasteiger partial charge in [-0.3, -0.25) is 0 Å². The average Bonchev–Trinajstić information content (AvgIpc) is 2.71. The summed E-state index contributed by atoms with van der Waals surface area (Å²) in [5, 5.41) is 17.9. The highest BCUT2D eigenvalue weighted by molar-refractivity contribution is 5.73. The molecule has 0 amide bonds. The summed E-state index contributed by atoms with van der Waals surface area (Å²) < 4.78 is 0. The quantitative estimate of drug-likeness (QED) is 0.611. The maximum atomic E-state index is 8.95. The molecule has 0 aliphatic rings. The van der Waals surface area contributed by atoms with E-state index in [1.807, 2.05) is 0 Å². The lowest BCUT2D eigenvalue weighted by molar-refractivity contribution is 0.288. The van der Waals surface area contributed by atoms with Crippen molar-refractivity contribution in [3.63, 3.8) is 0 Å². The van der Waals surface area contributed by atoms with E-state index in [9.17, 15) is 0 Å². The van der Waals surface area contributed by atoms with Crippen molar-refractivity contribution in [3.8, 4) is 22.3 Å². The summed E-state index contributed by atoms with van der Waals surface area (Å²) in [7, 11) is 0. The molecule has 0 saturated carbocycles. The van der Waals surface area contributed by atoms with Crippen LogP contribution in [0.4, 0.5) is 0 Å². The van der Waals surface area contributed by atoms with E-state index >= 15 is 0 Å². The normalized spacial score (nSPS) is 10.8. The Morgan fingerprint density at radius 2 is 0.923 bits per heavy atom. The average molecular weight is 346 g/mol. The van der Waals surface area contributed by atoms with Gasteiger partial charge >= 0.3 is 0 Å². The van der Waals surface area contributed by atoms with Gasteiger partial charge in [-0.15, -0.1) is 0 Å². The van der Waals surface area contributed by atoms with Gasteiger partial charge in [0.05, 0.1) is 0 Å². The molecule has 0 aliphatic heterocycles. The fourth-order valence-electron chi connectivity index (χ4n) is 3.17. The highest BCUT2D eigenvalue weighted by Crippen LogP contribution is 2.27. The molecule has 26 heavy (non-hydrogen) atoms. The van der Waals surface area contributed by atoms with Gasteiger partial charge in [0.15, 0.2) is 0 Å². The largest absolute Gasteiger partial charge is 0.396 e. The zero-order valence-electron chi connectivity index (χ0n) is 15.1. The molecular formula is C24H26O2. The first-order valence-electron chi connectivity index (χ1n) is 9.30. The summed E-state index contributed by atoms with van der Waals surface area (Å²) >= 11 is 0. The number of hydrogen-bond acceptors (Lipinski definition) is 2. The van der Waals surface area contributed by atoms with Crippen molar-refractivity contribution in [2.24, 2.45) is 0 Å². The monoisotopic (exact) mass is 346 g/mol. The molecule has 3 aromatic rings. The number of rotatable bonds is 8. The Balaban J connectivity index is 1.77. The van der Waals surface area contributed by atoms with Crippen LogP contribution in [0.2, 0.25) is 0 Å². The smallest absolute Gasteiger partial charge is 0.0434 e. The predicted molar refractivity (Wildman–Crippen MR) is 108 cm³/mol. The molecule has 0 spiro atoms. The minimum atomic E-state index is 0.239. The molecule has 0 aliphatic carbocycles. The van der Waals surface area contributed by atoms with Crippen molar-refractivity contribution in [2.45, 2.75) is 25.7 Å². The number of hydrogen-bond donors (Lipinski definition) is 2. The molecule has 0 aromatic heterocycles. The Hall–Kier alpha value is -2.42. The van der Waals surface area contributed by atoms with Gasteiger partial charge in [0.2, 0.25) is 0 Å². The van der Waals surface area contributed by atoms with E-state index in [4.69, 9.17) is 10.2 Å². The maximum absolute atomic E-state index is 8.95. The van der Waals surface area contributed by atoms with Crippen LogP contribution in [0.5, 0.6) is 0 Å². The zero-order chi connectivity index (χ0) is 18.2. The van der Waals surface area contributed by atoms with Crippen molar-refractivity contribution >= 4 is 0 Å². The molecule has 0 unspecified atom stereocenters. The van der Waals surface area contributed by atoms with Crippen molar-refractivity contribution in [3.05, 3.63) is 83.9 Å². The Morgan fingerprint density at radius 3 is 1.31 bits per heavy atom. The first kappa shape index (κ1) is 18.4. The predicted octanol–water partition coefficient (Wildman–Crippen LogP) is 4.87. The molecule has 0 saturated heterocycles. The van der Waals surface area contributed by atoms with Crippen LogP contribution in [0.1, 0.15) is 24.0 Å². The fourth-order valence-corrected chi connectivity index (χ4v) is 3.17. The van der Waals surface area contributed by atoms with E-state index in [0.717, 1.165) is 25.7 Å². The highest BCUT2D eigenvalue weighted by Gasteiger charge is 2.03. The summed E-state index contributed by atoms with van der Waals surface area (Å²) in [6, 6.07) is 25.8. The van der Waals surface area contributed by atoms with Crippen molar-refractivity contribution < 1.29 is 10.2 Å². The van der Waals surface area contributed by atoms with Gasteiger partial charge in [0.25, 0.3) is 0 Å². The number of aliphatic hydroxyl groups is 2. The van der Waals surface area contributed by atoms with Gasteiger partial charge in [-0.05, 0) is 65.1 Å². The van der Waals surface area contributed by atoms with E-state index in [2.05, 4.69) is 72.8 Å². The van der Waals surface area contributed by atoms with Gasteiger partial charge in [-0.25, -0.2) is 0 Å². The lowest BCUT2D eigenvalue weighted by atomic mass is 9.97. The summed E-state index contributed by atoms with van der Waals surface area (Å²) in [4.78, 5) is 0. The van der Waals surface area contributed by atoms with Gasteiger partial charge in [0.1, 0.15) is 0 Å². The van der Waals surface area contributed by atoms with Gasteiger partial charge in [-0.2, -0.15) is 0 Å². The van der Waals surface area contributed by atoms with Crippen LogP contribution >= 0.6 is 0 Å². The summed E-state index contributed by atoms with van der Waals surface area (Å²) in [6.07, 6.45) is 3.45. The molecule has 2 N–H and O–H groups in total. The Morgan fingerprint density at radius 1 is 0.500 bits per heavy atom. The molecule has 0 fully saturated rings. The standard InChI is InChI=1S/C24H26O2/c25-16-2-4-19-8-12-21(13-9-19)23-6-1-7-24(18-23)22-14-10-20(11-15-22)5-3-17-26/h1,6-15,18,25-26H,2-5,16-17H2. The van der Waals surface area contributed by atoms with E-state index in [1.165, 1.54) is 33.4 Å². The second-order valence-electron chi connectivity index (χ2n) is 6.63. The van der Waals surface area contributed by atoms with Crippen molar-refractivity contribution in [2.75, 3.05) is 13.2 Å². The molecule has 2 nitrogen and oxygen atoms in total. The van der Waals surface area contributed by atoms with Crippen LogP contribution < -0.4 is 0 Å². The Bertz CT molecular complexity index is 738. The number of benzene rings is 3. The van der Waals surface area contributed by atoms with Crippen LogP contribution in [0.15, 0.2) is 72.8 Å². The first-order chi connectivity index (χ1) is 12.8. The van der Waals surface area contributed by atoms with Crippen LogP contribution in [0, 0.1) is 0 Å². The van der Waals surface area contributed by atoms with E-state index in [1.54, 1.807) is 0 Å². The third kappa shape index (κ3) is 4.81. The number of aryl methyl sites for hydroxylation is 2. The van der Waals surface area contributed by atoms with Crippen LogP contribution in [-0.2, 0) is 12.8 Å². The minimum Gasteiger partial charge on any atom is -0.396 e. The van der Waals surface area contributed by atoms with E-state index < -0.39 is 0 Å². The molecule has 0 bridgehead atoms. The molecule has 3 aromatic carbocycles. The lowest BCUT2D eigenvalue weighted by Crippen LogP contribution is -1.90.